The first-order chi connectivity index (χ1) is 7.47. The average molecular weight is 258 g/mol. The summed E-state index contributed by atoms with van der Waals surface area (Å²) in [5.74, 6) is 0.378. The Labute approximate surface area is 97.8 Å². The fourth-order valence-corrected chi connectivity index (χ4v) is 1.88. The third-order valence-electron chi connectivity index (χ3n) is 1.91. The van der Waals surface area contributed by atoms with Crippen LogP contribution in [-0.2, 0) is 9.84 Å². The summed E-state index contributed by atoms with van der Waals surface area (Å²) < 4.78 is 27.5. The van der Waals surface area contributed by atoms with Crippen molar-refractivity contribution in [1.29, 1.82) is 0 Å². The molecule has 1 aromatic carbocycles. The van der Waals surface area contributed by atoms with Crippen molar-refractivity contribution in [2.24, 2.45) is 0 Å². The van der Waals surface area contributed by atoms with Crippen molar-refractivity contribution in [3.05, 3.63) is 35.5 Å². The highest BCUT2D eigenvalue weighted by Crippen LogP contribution is 2.24. The Balaban J connectivity index is 2.47. The zero-order chi connectivity index (χ0) is 11.8. The van der Waals surface area contributed by atoms with Crippen LogP contribution in [0.1, 0.15) is 0 Å². The van der Waals surface area contributed by atoms with Gasteiger partial charge in [0.25, 0.3) is 0 Å². The van der Waals surface area contributed by atoms with Crippen LogP contribution in [0.4, 0.5) is 0 Å². The summed E-state index contributed by atoms with van der Waals surface area (Å²) in [5.41, 5.74) is 0.690. The molecule has 0 bridgehead atoms. The van der Waals surface area contributed by atoms with Gasteiger partial charge in [-0.3, -0.25) is 0 Å². The summed E-state index contributed by atoms with van der Waals surface area (Å²) in [6.45, 7) is 0. The van der Waals surface area contributed by atoms with Crippen molar-refractivity contribution in [2.45, 2.75) is 5.22 Å². The van der Waals surface area contributed by atoms with Crippen LogP contribution in [0.25, 0.3) is 11.3 Å². The number of oxazole rings is 1. The topological polar surface area (TPSA) is 60.2 Å². The molecule has 0 N–H and O–H groups in total. The first-order valence-corrected chi connectivity index (χ1v) is 6.65. The summed E-state index contributed by atoms with van der Waals surface area (Å²) in [6, 6.07) is 6.91. The van der Waals surface area contributed by atoms with Gasteiger partial charge in [0.15, 0.2) is 5.76 Å². The highest BCUT2D eigenvalue weighted by atomic mass is 35.5. The van der Waals surface area contributed by atoms with Crippen LogP contribution in [0, 0.1) is 0 Å². The molecule has 2 aromatic rings. The van der Waals surface area contributed by atoms with Gasteiger partial charge in [-0.15, -0.1) is 0 Å². The lowest BCUT2D eigenvalue weighted by atomic mass is 10.2. The van der Waals surface area contributed by atoms with Crippen molar-refractivity contribution in [3.8, 4) is 11.3 Å². The van der Waals surface area contributed by atoms with Gasteiger partial charge in [0.1, 0.15) is 0 Å². The Morgan fingerprint density at radius 2 is 2.12 bits per heavy atom. The third-order valence-corrected chi connectivity index (χ3v) is 2.97. The second-order valence-corrected chi connectivity index (χ2v) is 5.60. The fraction of sp³-hybridized carbons (Fsp3) is 0.100. The van der Waals surface area contributed by atoms with E-state index in [0.717, 1.165) is 6.26 Å². The molecule has 0 saturated heterocycles. The predicted octanol–water partition coefficient (Wildman–Crippen LogP) is 2.40. The van der Waals surface area contributed by atoms with Crippen molar-refractivity contribution in [3.63, 3.8) is 0 Å². The van der Waals surface area contributed by atoms with E-state index in [2.05, 4.69) is 4.98 Å². The molecule has 2 rings (SSSR count). The molecular formula is C10H8ClNO3S. The standard InChI is InChI=1S/C10H8ClNO3S/c1-16(13,14)10-12-6-9(15-10)7-3-2-4-8(11)5-7/h2-6H,1H3. The maximum atomic E-state index is 11.2. The van der Waals surface area contributed by atoms with Gasteiger partial charge in [0.05, 0.1) is 6.20 Å². The van der Waals surface area contributed by atoms with Crippen LogP contribution >= 0.6 is 11.6 Å². The fourth-order valence-electron chi connectivity index (χ4n) is 1.20. The molecule has 0 atom stereocenters. The quantitative estimate of drug-likeness (QED) is 0.829. The minimum Gasteiger partial charge on any atom is -0.428 e. The van der Waals surface area contributed by atoms with Gasteiger partial charge < -0.3 is 4.42 Å². The maximum Gasteiger partial charge on any atom is 0.315 e. The number of rotatable bonds is 2. The van der Waals surface area contributed by atoms with Crippen molar-refractivity contribution >= 4 is 21.4 Å². The molecule has 1 aromatic heterocycles. The van der Waals surface area contributed by atoms with E-state index in [1.807, 2.05) is 0 Å². The normalized spacial score (nSPS) is 11.6. The first kappa shape index (κ1) is 11.2. The molecular weight excluding hydrogens is 250 g/mol. The molecule has 84 valence electrons. The monoisotopic (exact) mass is 257 g/mol. The Hall–Kier alpha value is -1.33. The number of sulfone groups is 1. The van der Waals surface area contributed by atoms with E-state index in [1.54, 1.807) is 24.3 Å². The van der Waals surface area contributed by atoms with E-state index in [9.17, 15) is 8.42 Å². The Morgan fingerprint density at radius 1 is 1.38 bits per heavy atom. The van der Waals surface area contributed by atoms with E-state index >= 15 is 0 Å². The number of halogens is 1. The number of aromatic nitrogens is 1. The van der Waals surface area contributed by atoms with Gasteiger partial charge >= 0.3 is 5.22 Å². The van der Waals surface area contributed by atoms with Gasteiger partial charge in [0, 0.05) is 16.8 Å². The summed E-state index contributed by atoms with van der Waals surface area (Å²) in [7, 11) is -3.41. The molecule has 0 aliphatic heterocycles. The largest absolute Gasteiger partial charge is 0.428 e. The van der Waals surface area contributed by atoms with Crippen LogP contribution in [0.5, 0.6) is 0 Å². The molecule has 16 heavy (non-hydrogen) atoms. The molecule has 1 heterocycles. The lowest BCUT2D eigenvalue weighted by molar-refractivity contribution is 0.442. The highest BCUT2D eigenvalue weighted by molar-refractivity contribution is 7.90. The summed E-state index contributed by atoms with van der Waals surface area (Å²) in [4.78, 5) is 3.70. The zero-order valence-corrected chi connectivity index (χ0v) is 9.92. The van der Waals surface area contributed by atoms with Crippen LogP contribution in [-0.4, -0.2) is 19.7 Å². The second kappa shape index (κ2) is 3.92. The molecule has 0 spiro atoms. The van der Waals surface area contributed by atoms with Gasteiger partial charge in [-0.25, -0.2) is 13.4 Å². The molecule has 0 radical (unpaired) electrons. The molecule has 0 aliphatic carbocycles. The average Bonchev–Trinajstić information content (AvgIpc) is 2.65. The minimum atomic E-state index is -3.41. The molecule has 0 unspecified atom stereocenters. The maximum absolute atomic E-state index is 11.2. The molecule has 0 aliphatic rings. The molecule has 0 amide bonds. The minimum absolute atomic E-state index is 0.289. The van der Waals surface area contributed by atoms with Crippen molar-refractivity contribution < 1.29 is 12.8 Å². The van der Waals surface area contributed by atoms with Crippen molar-refractivity contribution in [2.75, 3.05) is 6.26 Å². The van der Waals surface area contributed by atoms with Crippen LogP contribution in [0.3, 0.4) is 0 Å². The molecule has 0 fully saturated rings. The molecule has 0 saturated carbocycles. The summed E-state index contributed by atoms with van der Waals surface area (Å²) >= 11 is 5.81. The Kier molecular flexibility index (Phi) is 2.73. The van der Waals surface area contributed by atoms with E-state index in [1.165, 1.54) is 6.20 Å². The first-order valence-electron chi connectivity index (χ1n) is 4.38. The predicted molar refractivity (Wildman–Crippen MR) is 60.1 cm³/mol. The molecule has 4 nitrogen and oxygen atoms in total. The summed E-state index contributed by atoms with van der Waals surface area (Å²) in [5, 5.41) is 0.261. The van der Waals surface area contributed by atoms with E-state index in [-0.39, 0.29) is 5.22 Å². The number of benzene rings is 1. The smallest absolute Gasteiger partial charge is 0.315 e. The van der Waals surface area contributed by atoms with Crippen LogP contribution < -0.4 is 0 Å². The number of hydrogen-bond acceptors (Lipinski definition) is 4. The third kappa shape index (κ3) is 2.25. The second-order valence-electron chi connectivity index (χ2n) is 3.27. The van der Waals surface area contributed by atoms with Crippen molar-refractivity contribution in [1.82, 2.24) is 4.98 Å². The number of hydrogen-bond donors (Lipinski definition) is 0. The molecule has 6 heteroatoms. The van der Waals surface area contributed by atoms with Crippen LogP contribution in [0.2, 0.25) is 5.02 Å². The Bertz CT molecular complexity index is 618. The lowest BCUT2D eigenvalue weighted by Crippen LogP contribution is -1.95. The van der Waals surface area contributed by atoms with Crippen LogP contribution in [0.15, 0.2) is 40.1 Å². The van der Waals surface area contributed by atoms with Gasteiger partial charge in [0.2, 0.25) is 9.84 Å². The van der Waals surface area contributed by atoms with E-state index in [4.69, 9.17) is 16.0 Å². The SMILES string of the molecule is CS(=O)(=O)c1ncc(-c2cccc(Cl)c2)o1. The number of nitrogens with zero attached hydrogens (tertiary/aromatic N) is 1. The summed E-state index contributed by atoms with van der Waals surface area (Å²) in [6.07, 6.45) is 2.41. The van der Waals surface area contributed by atoms with E-state index in [0.29, 0.717) is 16.3 Å². The Morgan fingerprint density at radius 3 is 2.69 bits per heavy atom. The highest BCUT2D eigenvalue weighted by Gasteiger charge is 2.15. The van der Waals surface area contributed by atoms with Gasteiger partial charge in [-0.1, -0.05) is 23.7 Å². The lowest BCUT2D eigenvalue weighted by Gasteiger charge is -1.96. The van der Waals surface area contributed by atoms with E-state index < -0.39 is 9.84 Å². The zero-order valence-electron chi connectivity index (χ0n) is 8.34. The van der Waals surface area contributed by atoms with Gasteiger partial charge in [-0.2, -0.15) is 0 Å². The van der Waals surface area contributed by atoms with Gasteiger partial charge in [-0.05, 0) is 12.1 Å².